The molecule has 2 nitrogen and oxygen atoms in total. The van der Waals surface area contributed by atoms with Crippen molar-refractivity contribution in [2.75, 3.05) is 0 Å². The van der Waals surface area contributed by atoms with Crippen LogP contribution < -0.4 is 0 Å². The summed E-state index contributed by atoms with van der Waals surface area (Å²) in [5.74, 6) is 0. The zero-order chi connectivity index (χ0) is 14.5. The summed E-state index contributed by atoms with van der Waals surface area (Å²) >= 11 is 0. The van der Waals surface area contributed by atoms with Gasteiger partial charge in [0.25, 0.3) is 0 Å². The van der Waals surface area contributed by atoms with E-state index in [2.05, 4.69) is 6.92 Å². The normalized spacial score (nSPS) is 16.1. The van der Waals surface area contributed by atoms with Crippen LogP contribution in [0.25, 0.3) is 0 Å². The first-order valence-corrected chi connectivity index (χ1v) is 8.11. The number of sulfone groups is 1. The standard InChI is InChI=1S/C15H24O2S/c1-4-5-6-7-8-14(3)18(16,17)15-11-9-13(2)10-12-15/h9-12,14H,4-8H2,1-3H3/t14-/m0/s1/i14D. The summed E-state index contributed by atoms with van der Waals surface area (Å²) in [6.45, 7) is 5.54. The molecule has 0 N–H and O–H groups in total. The fourth-order valence-electron chi connectivity index (χ4n) is 1.85. The maximum Gasteiger partial charge on any atom is 0.180 e. The number of rotatable bonds is 7. The Morgan fingerprint density at radius 3 is 2.33 bits per heavy atom. The van der Waals surface area contributed by atoms with E-state index in [0.717, 1.165) is 31.2 Å². The molecule has 1 aromatic carbocycles. The third-order valence-electron chi connectivity index (χ3n) is 3.17. The van der Waals surface area contributed by atoms with E-state index in [1.165, 1.54) is 6.92 Å². The largest absolute Gasteiger partial charge is 0.223 e. The van der Waals surface area contributed by atoms with Gasteiger partial charge in [-0.2, -0.15) is 0 Å². The first kappa shape index (κ1) is 13.6. The van der Waals surface area contributed by atoms with Crippen LogP contribution in [0.4, 0.5) is 0 Å². The van der Waals surface area contributed by atoms with Crippen LogP contribution >= 0.6 is 0 Å². The van der Waals surface area contributed by atoms with E-state index >= 15 is 0 Å². The van der Waals surface area contributed by atoms with Crippen molar-refractivity contribution < 1.29 is 9.79 Å². The SMILES string of the molecule is [2H][C@](C)(CCCCCC)S(=O)(=O)c1ccc(C)cc1. The molecular weight excluding hydrogens is 244 g/mol. The monoisotopic (exact) mass is 269 g/mol. The molecular formula is C15H24O2S. The van der Waals surface area contributed by atoms with E-state index in [1.807, 2.05) is 6.92 Å². The van der Waals surface area contributed by atoms with Gasteiger partial charge in [-0.1, -0.05) is 50.3 Å². The smallest absolute Gasteiger partial charge is 0.180 e. The third-order valence-corrected chi connectivity index (χ3v) is 5.19. The van der Waals surface area contributed by atoms with Crippen LogP contribution in [0.3, 0.4) is 0 Å². The zero-order valence-electron chi connectivity index (χ0n) is 12.6. The van der Waals surface area contributed by atoms with Crippen LogP contribution in [-0.4, -0.2) is 13.6 Å². The van der Waals surface area contributed by atoms with Gasteiger partial charge >= 0.3 is 0 Å². The Hall–Kier alpha value is -0.830. The summed E-state index contributed by atoms with van der Waals surface area (Å²) in [6.07, 6.45) is 4.39. The van der Waals surface area contributed by atoms with Crippen LogP contribution in [0.5, 0.6) is 0 Å². The molecule has 0 aliphatic heterocycles. The maximum absolute atomic E-state index is 12.4. The van der Waals surface area contributed by atoms with Gasteiger partial charge in [-0.05, 0) is 32.4 Å². The minimum absolute atomic E-state index is 0.256. The van der Waals surface area contributed by atoms with Crippen LogP contribution in [-0.2, 0) is 9.84 Å². The molecule has 1 aromatic rings. The second kappa shape index (κ2) is 6.93. The molecule has 0 aliphatic rings. The van der Waals surface area contributed by atoms with Gasteiger partial charge in [-0.3, -0.25) is 0 Å². The summed E-state index contributed by atoms with van der Waals surface area (Å²) < 4.78 is 33.1. The summed E-state index contributed by atoms with van der Waals surface area (Å²) in [5.41, 5.74) is 1.02. The summed E-state index contributed by atoms with van der Waals surface area (Å²) in [7, 11) is -3.58. The molecule has 0 aromatic heterocycles. The molecule has 1 atom stereocenters. The Bertz CT molecular complexity index is 489. The van der Waals surface area contributed by atoms with E-state index in [9.17, 15) is 8.42 Å². The second-order valence-electron chi connectivity index (χ2n) is 4.83. The molecule has 0 radical (unpaired) electrons. The molecule has 0 saturated carbocycles. The maximum atomic E-state index is 12.4. The highest BCUT2D eigenvalue weighted by molar-refractivity contribution is 7.92. The highest BCUT2D eigenvalue weighted by Crippen LogP contribution is 2.20. The van der Waals surface area contributed by atoms with Gasteiger partial charge in [0.2, 0.25) is 0 Å². The van der Waals surface area contributed by atoms with Crippen molar-refractivity contribution in [3.05, 3.63) is 29.8 Å². The van der Waals surface area contributed by atoms with Gasteiger partial charge < -0.3 is 0 Å². The van der Waals surface area contributed by atoms with Crippen LogP contribution in [0, 0.1) is 6.92 Å². The summed E-state index contributed by atoms with van der Waals surface area (Å²) in [6, 6.07) is 6.76. The minimum atomic E-state index is -3.58. The molecule has 0 fully saturated rings. The molecule has 0 amide bonds. The number of hydrogen-bond donors (Lipinski definition) is 0. The van der Waals surface area contributed by atoms with Gasteiger partial charge in [0.15, 0.2) is 9.84 Å². The Labute approximate surface area is 113 Å². The highest BCUT2D eigenvalue weighted by Gasteiger charge is 2.22. The van der Waals surface area contributed by atoms with E-state index in [1.54, 1.807) is 24.3 Å². The average molecular weight is 269 g/mol. The van der Waals surface area contributed by atoms with E-state index in [-0.39, 0.29) is 4.90 Å². The zero-order valence-corrected chi connectivity index (χ0v) is 12.4. The molecule has 18 heavy (non-hydrogen) atoms. The summed E-state index contributed by atoms with van der Waals surface area (Å²) in [4.78, 5) is 0.256. The van der Waals surface area contributed by atoms with Gasteiger partial charge in [-0.25, -0.2) is 8.42 Å². The molecule has 0 heterocycles. The van der Waals surface area contributed by atoms with Crippen molar-refractivity contribution in [3.8, 4) is 0 Å². The lowest BCUT2D eigenvalue weighted by atomic mass is 10.1. The van der Waals surface area contributed by atoms with Crippen LogP contribution in [0.15, 0.2) is 29.2 Å². The van der Waals surface area contributed by atoms with Gasteiger partial charge in [-0.15, -0.1) is 0 Å². The molecule has 0 aliphatic carbocycles. The van der Waals surface area contributed by atoms with Crippen molar-refractivity contribution in [1.82, 2.24) is 0 Å². The van der Waals surface area contributed by atoms with Crippen molar-refractivity contribution >= 4 is 9.84 Å². The van der Waals surface area contributed by atoms with Crippen LogP contribution in [0.2, 0.25) is 0 Å². The predicted molar refractivity (Wildman–Crippen MR) is 76.6 cm³/mol. The highest BCUT2D eigenvalue weighted by atomic mass is 32.2. The number of benzene rings is 1. The molecule has 102 valence electrons. The first-order chi connectivity index (χ1) is 8.81. The lowest BCUT2D eigenvalue weighted by Gasteiger charge is -2.13. The minimum Gasteiger partial charge on any atom is -0.223 e. The molecule has 0 saturated heterocycles. The Kier molecular flexibility index (Phi) is 5.24. The van der Waals surface area contributed by atoms with Crippen molar-refractivity contribution in [2.45, 2.75) is 63.0 Å². The van der Waals surface area contributed by atoms with Crippen LogP contribution in [0.1, 0.15) is 52.9 Å². The van der Waals surface area contributed by atoms with E-state index in [0.29, 0.717) is 6.42 Å². The molecule has 0 bridgehead atoms. The first-order valence-electron chi connectivity index (χ1n) is 7.12. The lowest BCUT2D eigenvalue weighted by Crippen LogP contribution is -2.17. The number of hydrogen-bond acceptors (Lipinski definition) is 2. The third kappa shape index (κ3) is 4.13. The molecule has 0 spiro atoms. The van der Waals surface area contributed by atoms with Gasteiger partial charge in [0.1, 0.15) is 0 Å². The predicted octanol–water partition coefficient (Wildman–Crippen LogP) is 4.13. The van der Waals surface area contributed by atoms with Gasteiger partial charge in [0, 0.05) is 1.37 Å². The quantitative estimate of drug-likeness (QED) is 0.697. The Morgan fingerprint density at radius 2 is 1.78 bits per heavy atom. The van der Waals surface area contributed by atoms with E-state index < -0.39 is 15.1 Å². The fourth-order valence-corrected chi connectivity index (χ4v) is 3.16. The molecule has 3 heteroatoms. The second-order valence-corrected chi connectivity index (χ2v) is 7.00. The lowest BCUT2D eigenvalue weighted by molar-refractivity contribution is 0.563. The van der Waals surface area contributed by atoms with E-state index in [4.69, 9.17) is 1.37 Å². The summed E-state index contributed by atoms with van der Waals surface area (Å²) in [5, 5.41) is -1.43. The molecule has 0 unspecified atom stereocenters. The Morgan fingerprint density at radius 1 is 1.17 bits per heavy atom. The van der Waals surface area contributed by atoms with Gasteiger partial charge in [0.05, 0.1) is 10.1 Å². The average Bonchev–Trinajstić information content (AvgIpc) is 2.35. The number of unbranched alkanes of at least 4 members (excludes halogenated alkanes) is 3. The number of aryl methyl sites for hydroxylation is 1. The topological polar surface area (TPSA) is 34.1 Å². The van der Waals surface area contributed by atoms with Crippen molar-refractivity contribution in [3.63, 3.8) is 0 Å². The molecule has 1 rings (SSSR count). The Balaban J connectivity index is 2.82. The van der Waals surface area contributed by atoms with Crippen molar-refractivity contribution in [2.24, 2.45) is 0 Å². The fraction of sp³-hybridized carbons (Fsp3) is 0.600. The van der Waals surface area contributed by atoms with Crippen molar-refractivity contribution in [1.29, 1.82) is 0 Å².